The monoisotopic (exact) mass is 278 g/mol. The van der Waals surface area contributed by atoms with Crippen LogP contribution in [0.1, 0.15) is 5.56 Å². The first-order valence-electron chi connectivity index (χ1n) is 5.82. The Morgan fingerprint density at radius 1 is 1.05 bits per heavy atom. The average molecular weight is 278 g/mol. The van der Waals surface area contributed by atoms with E-state index in [1.165, 1.54) is 12.3 Å². The third-order valence-electron chi connectivity index (χ3n) is 2.83. The van der Waals surface area contributed by atoms with Crippen LogP contribution in [0.2, 0.25) is 0 Å². The second kappa shape index (κ2) is 4.56. The summed E-state index contributed by atoms with van der Waals surface area (Å²) < 4.78 is 44.0. The number of H-pyrrole nitrogens is 1. The SMILES string of the molecule is FC(F)(F)c1cccnc1Oc1cccc2cc[nH]c12. The van der Waals surface area contributed by atoms with Gasteiger partial charge in [-0.2, -0.15) is 13.2 Å². The highest BCUT2D eigenvalue weighted by Gasteiger charge is 2.35. The van der Waals surface area contributed by atoms with Crippen LogP contribution in [0, 0.1) is 0 Å². The normalized spacial score (nSPS) is 11.8. The minimum absolute atomic E-state index is 0.303. The molecule has 0 aliphatic carbocycles. The van der Waals surface area contributed by atoms with Gasteiger partial charge in [-0.3, -0.25) is 0 Å². The van der Waals surface area contributed by atoms with Crippen LogP contribution >= 0.6 is 0 Å². The third-order valence-corrected chi connectivity index (χ3v) is 2.83. The molecule has 1 N–H and O–H groups in total. The molecule has 0 spiro atoms. The smallest absolute Gasteiger partial charge is 0.421 e. The molecule has 0 saturated heterocycles. The van der Waals surface area contributed by atoms with Gasteiger partial charge in [0.2, 0.25) is 5.88 Å². The number of aromatic amines is 1. The summed E-state index contributed by atoms with van der Waals surface area (Å²) >= 11 is 0. The molecule has 102 valence electrons. The van der Waals surface area contributed by atoms with E-state index in [2.05, 4.69) is 9.97 Å². The molecule has 0 saturated carbocycles. The number of pyridine rings is 1. The van der Waals surface area contributed by atoms with Crippen molar-refractivity contribution in [2.45, 2.75) is 6.18 Å². The fourth-order valence-electron chi connectivity index (χ4n) is 1.93. The number of rotatable bonds is 2. The first kappa shape index (κ1) is 12.5. The molecule has 6 heteroatoms. The van der Waals surface area contributed by atoms with E-state index in [4.69, 9.17) is 4.74 Å². The van der Waals surface area contributed by atoms with Crippen LogP contribution < -0.4 is 4.74 Å². The van der Waals surface area contributed by atoms with Crippen LogP contribution in [0.5, 0.6) is 11.6 Å². The lowest BCUT2D eigenvalue weighted by molar-refractivity contribution is -0.138. The quantitative estimate of drug-likeness (QED) is 0.755. The number of hydrogen-bond acceptors (Lipinski definition) is 2. The molecule has 2 heterocycles. The van der Waals surface area contributed by atoms with Gasteiger partial charge in [0.25, 0.3) is 0 Å². The van der Waals surface area contributed by atoms with Crippen molar-refractivity contribution in [3.8, 4) is 11.6 Å². The lowest BCUT2D eigenvalue weighted by Crippen LogP contribution is -2.08. The second-order valence-corrected chi connectivity index (χ2v) is 4.15. The topological polar surface area (TPSA) is 37.9 Å². The molecule has 1 aromatic carbocycles. The van der Waals surface area contributed by atoms with E-state index in [0.29, 0.717) is 11.3 Å². The molecule has 3 nitrogen and oxygen atoms in total. The summed E-state index contributed by atoms with van der Waals surface area (Å²) in [4.78, 5) is 6.61. The van der Waals surface area contributed by atoms with Crippen molar-refractivity contribution in [3.05, 3.63) is 54.4 Å². The summed E-state index contributed by atoms with van der Waals surface area (Å²) in [6, 6.07) is 9.12. The molecule has 20 heavy (non-hydrogen) atoms. The number of para-hydroxylation sites is 1. The van der Waals surface area contributed by atoms with Crippen molar-refractivity contribution in [2.75, 3.05) is 0 Å². The number of halogens is 3. The molecule has 0 radical (unpaired) electrons. The Balaban J connectivity index is 2.06. The van der Waals surface area contributed by atoms with Crippen LogP contribution in [0.4, 0.5) is 13.2 Å². The second-order valence-electron chi connectivity index (χ2n) is 4.15. The summed E-state index contributed by atoms with van der Waals surface area (Å²) in [5.41, 5.74) is -0.269. The Morgan fingerprint density at radius 2 is 1.90 bits per heavy atom. The highest BCUT2D eigenvalue weighted by atomic mass is 19.4. The number of aromatic nitrogens is 2. The zero-order valence-electron chi connectivity index (χ0n) is 10.1. The van der Waals surface area contributed by atoms with E-state index >= 15 is 0 Å². The average Bonchev–Trinajstić information content (AvgIpc) is 2.87. The van der Waals surface area contributed by atoms with E-state index in [9.17, 15) is 13.2 Å². The van der Waals surface area contributed by atoms with Gasteiger partial charge in [0.15, 0.2) is 5.75 Å². The lowest BCUT2D eigenvalue weighted by atomic mass is 10.2. The van der Waals surface area contributed by atoms with E-state index < -0.39 is 17.6 Å². The van der Waals surface area contributed by atoms with Crippen molar-refractivity contribution in [1.82, 2.24) is 9.97 Å². The Bertz CT molecular complexity index is 749. The van der Waals surface area contributed by atoms with Gasteiger partial charge in [0.05, 0.1) is 5.52 Å². The molecule has 3 rings (SSSR count). The molecule has 0 fully saturated rings. The van der Waals surface area contributed by atoms with Crippen LogP contribution in [-0.2, 0) is 6.18 Å². The molecule has 0 aliphatic heterocycles. The number of alkyl halides is 3. The van der Waals surface area contributed by atoms with E-state index in [-0.39, 0.29) is 0 Å². The Hall–Kier alpha value is -2.50. The summed E-state index contributed by atoms with van der Waals surface area (Å²) in [5, 5.41) is 0.854. The standard InChI is InChI=1S/C14H9F3N2O/c15-14(16,17)10-4-2-7-19-13(10)20-11-5-1-3-9-6-8-18-12(9)11/h1-8,18H. The van der Waals surface area contributed by atoms with Gasteiger partial charge in [-0.25, -0.2) is 4.98 Å². The Morgan fingerprint density at radius 3 is 2.70 bits per heavy atom. The first-order chi connectivity index (χ1) is 9.55. The van der Waals surface area contributed by atoms with Crippen molar-refractivity contribution in [2.24, 2.45) is 0 Å². The first-order valence-corrected chi connectivity index (χ1v) is 5.82. The largest absolute Gasteiger partial charge is 0.436 e. The molecule has 0 amide bonds. The van der Waals surface area contributed by atoms with Crippen molar-refractivity contribution in [1.29, 1.82) is 0 Å². The maximum absolute atomic E-state index is 12.9. The number of hydrogen-bond donors (Lipinski definition) is 1. The molecular weight excluding hydrogens is 269 g/mol. The predicted molar refractivity (Wildman–Crippen MR) is 67.6 cm³/mol. The van der Waals surface area contributed by atoms with Crippen molar-refractivity contribution >= 4 is 10.9 Å². The summed E-state index contributed by atoms with van der Waals surface area (Å²) in [6.45, 7) is 0. The van der Waals surface area contributed by atoms with Crippen molar-refractivity contribution in [3.63, 3.8) is 0 Å². The number of fused-ring (bicyclic) bond motifs is 1. The molecule has 2 aromatic heterocycles. The molecule has 3 aromatic rings. The van der Waals surface area contributed by atoms with Crippen LogP contribution in [0.25, 0.3) is 10.9 Å². The van der Waals surface area contributed by atoms with E-state index in [0.717, 1.165) is 11.5 Å². The maximum atomic E-state index is 12.9. The zero-order chi connectivity index (χ0) is 14.2. The summed E-state index contributed by atoms with van der Waals surface area (Å²) in [7, 11) is 0. The molecular formula is C14H9F3N2O. The highest BCUT2D eigenvalue weighted by Crippen LogP contribution is 2.37. The summed E-state index contributed by atoms with van der Waals surface area (Å²) in [6.07, 6.45) is -1.55. The lowest BCUT2D eigenvalue weighted by Gasteiger charge is -2.12. The number of nitrogens with one attached hydrogen (secondary N) is 1. The fourth-order valence-corrected chi connectivity index (χ4v) is 1.93. The van der Waals surface area contributed by atoms with Gasteiger partial charge in [-0.05, 0) is 24.3 Å². The minimum Gasteiger partial charge on any atom is -0.436 e. The maximum Gasteiger partial charge on any atom is 0.421 e. The van der Waals surface area contributed by atoms with Gasteiger partial charge < -0.3 is 9.72 Å². The van der Waals surface area contributed by atoms with Gasteiger partial charge >= 0.3 is 6.18 Å². The van der Waals surface area contributed by atoms with Crippen LogP contribution in [0.3, 0.4) is 0 Å². The van der Waals surface area contributed by atoms with Gasteiger partial charge in [-0.1, -0.05) is 12.1 Å². The van der Waals surface area contributed by atoms with E-state index in [1.54, 1.807) is 18.3 Å². The predicted octanol–water partition coefficient (Wildman–Crippen LogP) is 4.37. The van der Waals surface area contributed by atoms with E-state index in [1.807, 2.05) is 12.1 Å². The molecule has 0 aliphatic rings. The number of benzene rings is 1. The fraction of sp³-hybridized carbons (Fsp3) is 0.0714. The highest BCUT2D eigenvalue weighted by molar-refractivity contribution is 5.85. The molecule has 0 atom stereocenters. The zero-order valence-corrected chi connectivity index (χ0v) is 10.1. The van der Waals surface area contributed by atoms with Gasteiger partial charge in [0.1, 0.15) is 5.56 Å². The number of ether oxygens (including phenoxy) is 1. The van der Waals surface area contributed by atoms with Crippen LogP contribution in [0.15, 0.2) is 48.8 Å². The molecule has 0 bridgehead atoms. The third kappa shape index (κ3) is 2.20. The van der Waals surface area contributed by atoms with Crippen molar-refractivity contribution < 1.29 is 17.9 Å². The molecule has 0 unspecified atom stereocenters. The Labute approximate surface area is 112 Å². The van der Waals surface area contributed by atoms with Gasteiger partial charge in [0, 0.05) is 17.8 Å². The minimum atomic E-state index is -4.51. The van der Waals surface area contributed by atoms with Crippen LogP contribution in [-0.4, -0.2) is 9.97 Å². The Kier molecular flexibility index (Phi) is 2.85. The van der Waals surface area contributed by atoms with Gasteiger partial charge in [-0.15, -0.1) is 0 Å². The summed E-state index contributed by atoms with van der Waals surface area (Å²) in [5.74, 6) is -0.154. The number of nitrogens with zero attached hydrogens (tertiary/aromatic N) is 1.